The second-order valence-electron chi connectivity index (χ2n) is 5.41. The Balaban J connectivity index is 2.25. The highest BCUT2D eigenvalue weighted by Crippen LogP contribution is 2.15. The van der Waals surface area contributed by atoms with Gasteiger partial charge in [-0.15, -0.1) is 0 Å². The fourth-order valence-corrected chi connectivity index (χ4v) is 1.98. The topological polar surface area (TPSA) is 53.6 Å². The number of nitrogens with zero attached hydrogens (tertiary/aromatic N) is 1. The summed E-state index contributed by atoms with van der Waals surface area (Å²) in [4.78, 5) is 13.7. The van der Waals surface area contributed by atoms with Crippen LogP contribution in [0.4, 0.5) is 13.2 Å². The standard InChI is InChI=1S/C12H22F3N3O2/c1-11(2,18-3-5-20-6-4-18)8-17-10(19)7-16-9-12(13,14)15/h16H,3-9H2,1-2H3,(H,17,19). The Bertz CT molecular complexity index is 316. The Morgan fingerprint density at radius 1 is 1.20 bits per heavy atom. The van der Waals surface area contributed by atoms with Crippen LogP contribution in [0.15, 0.2) is 0 Å². The molecule has 0 aliphatic carbocycles. The van der Waals surface area contributed by atoms with Gasteiger partial charge >= 0.3 is 6.18 Å². The van der Waals surface area contributed by atoms with Gasteiger partial charge in [0, 0.05) is 25.2 Å². The molecule has 0 saturated carbocycles. The van der Waals surface area contributed by atoms with Gasteiger partial charge in [0.15, 0.2) is 0 Å². The predicted molar refractivity (Wildman–Crippen MR) is 68.4 cm³/mol. The van der Waals surface area contributed by atoms with Gasteiger partial charge in [-0.3, -0.25) is 9.69 Å². The van der Waals surface area contributed by atoms with E-state index in [1.165, 1.54) is 0 Å². The highest BCUT2D eigenvalue weighted by molar-refractivity contribution is 5.78. The fraction of sp³-hybridized carbons (Fsp3) is 0.917. The molecule has 20 heavy (non-hydrogen) atoms. The van der Waals surface area contributed by atoms with Crippen molar-refractivity contribution in [3.63, 3.8) is 0 Å². The van der Waals surface area contributed by atoms with E-state index in [9.17, 15) is 18.0 Å². The molecule has 1 aliphatic rings. The maximum atomic E-state index is 11.9. The summed E-state index contributed by atoms with van der Waals surface area (Å²) in [6, 6.07) is 0. The van der Waals surface area contributed by atoms with E-state index in [1.807, 2.05) is 13.8 Å². The molecule has 118 valence electrons. The van der Waals surface area contributed by atoms with Gasteiger partial charge in [-0.25, -0.2) is 0 Å². The molecule has 5 nitrogen and oxygen atoms in total. The summed E-state index contributed by atoms with van der Waals surface area (Å²) < 4.78 is 41.0. The van der Waals surface area contributed by atoms with Crippen LogP contribution in [0.5, 0.6) is 0 Å². The van der Waals surface area contributed by atoms with Crippen molar-refractivity contribution >= 4 is 5.91 Å². The fourth-order valence-electron chi connectivity index (χ4n) is 1.98. The summed E-state index contributed by atoms with van der Waals surface area (Å²) in [5, 5.41) is 4.73. The van der Waals surface area contributed by atoms with E-state index in [2.05, 4.69) is 15.5 Å². The Morgan fingerprint density at radius 3 is 2.35 bits per heavy atom. The molecule has 1 amide bonds. The smallest absolute Gasteiger partial charge is 0.379 e. The minimum atomic E-state index is -4.30. The van der Waals surface area contributed by atoms with Crippen molar-refractivity contribution in [2.75, 3.05) is 45.9 Å². The van der Waals surface area contributed by atoms with Gasteiger partial charge in [-0.05, 0) is 13.8 Å². The van der Waals surface area contributed by atoms with Crippen LogP contribution in [0.1, 0.15) is 13.8 Å². The maximum absolute atomic E-state index is 11.9. The average Bonchev–Trinajstić information content (AvgIpc) is 2.36. The second kappa shape index (κ2) is 7.24. The lowest BCUT2D eigenvalue weighted by atomic mass is 10.0. The van der Waals surface area contributed by atoms with Gasteiger partial charge in [0.25, 0.3) is 0 Å². The summed E-state index contributed by atoms with van der Waals surface area (Å²) in [6.07, 6.45) is -4.30. The molecule has 0 aromatic rings. The number of hydrogen-bond acceptors (Lipinski definition) is 4. The normalized spacial score (nSPS) is 18.1. The van der Waals surface area contributed by atoms with Crippen molar-refractivity contribution in [3.05, 3.63) is 0 Å². The largest absolute Gasteiger partial charge is 0.401 e. The molecule has 8 heteroatoms. The molecule has 0 atom stereocenters. The van der Waals surface area contributed by atoms with Crippen LogP contribution >= 0.6 is 0 Å². The molecule has 0 unspecified atom stereocenters. The minimum Gasteiger partial charge on any atom is -0.379 e. The average molecular weight is 297 g/mol. The van der Waals surface area contributed by atoms with Crippen molar-refractivity contribution in [1.82, 2.24) is 15.5 Å². The number of morpholine rings is 1. The van der Waals surface area contributed by atoms with E-state index < -0.39 is 18.6 Å². The number of rotatable bonds is 6. The van der Waals surface area contributed by atoms with Gasteiger partial charge < -0.3 is 15.4 Å². The van der Waals surface area contributed by atoms with E-state index in [4.69, 9.17) is 4.74 Å². The molecule has 0 bridgehead atoms. The van der Waals surface area contributed by atoms with Crippen LogP contribution in [0.3, 0.4) is 0 Å². The number of ether oxygens (including phenoxy) is 1. The number of amides is 1. The molecule has 1 aliphatic heterocycles. The van der Waals surface area contributed by atoms with E-state index in [-0.39, 0.29) is 12.1 Å². The van der Waals surface area contributed by atoms with E-state index in [0.717, 1.165) is 13.1 Å². The number of nitrogens with one attached hydrogen (secondary N) is 2. The molecule has 0 aromatic heterocycles. The van der Waals surface area contributed by atoms with Crippen LogP contribution in [0.25, 0.3) is 0 Å². The third-order valence-electron chi connectivity index (χ3n) is 3.20. The zero-order chi connectivity index (χ0) is 15.2. The van der Waals surface area contributed by atoms with Crippen LogP contribution in [0, 0.1) is 0 Å². The summed E-state index contributed by atoms with van der Waals surface area (Å²) in [5.41, 5.74) is -0.247. The zero-order valence-electron chi connectivity index (χ0n) is 11.8. The molecule has 1 heterocycles. The first-order valence-electron chi connectivity index (χ1n) is 6.58. The lowest BCUT2D eigenvalue weighted by Gasteiger charge is -2.40. The molecule has 1 saturated heterocycles. The number of hydrogen-bond donors (Lipinski definition) is 2. The first-order chi connectivity index (χ1) is 9.21. The number of carbonyl (C=O) groups is 1. The Labute approximate surface area is 116 Å². The summed E-state index contributed by atoms with van der Waals surface area (Å²) in [5.74, 6) is -0.435. The quantitative estimate of drug-likeness (QED) is 0.743. The first-order valence-corrected chi connectivity index (χ1v) is 6.58. The van der Waals surface area contributed by atoms with Crippen LogP contribution in [-0.4, -0.2) is 68.5 Å². The lowest BCUT2D eigenvalue weighted by Crippen LogP contribution is -2.56. The highest BCUT2D eigenvalue weighted by atomic mass is 19.4. The molecule has 0 radical (unpaired) electrons. The molecule has 0 aromatic carbocycles. The van der Waals surface area contributed by atoms with Gasteiger partial charge in [0.05, 0.1) is 26.3 Å². The Kier molecular flexibility index (Phi) is 6.22. The van der Waals surface area contributed by atoms with Gasteiger partial charge in [0.1, 0.15) is 0 Å². The second-order valence-corrected chi connectivity index (χ2v) is 5.41. The van der Waals surface area contributed by atoms with E-state index >= 15 is 0 Å². The van der Waals surface area contributed by atoms with Crippen molar-refractivity contribution in [3.8, 4) is 0 Å². The summed E-state index contributed by atoms with van der Waals surface area (Å²) in [6.45, 7) is 5.76. The first kappa shape index (κ1) is 17.2. The van der Waals surface area contributed by atoms with Gasteiger partial charge in [-0.2, -0.15) is 13.2 Å². The van der Waals surface area contributed by atoms with Crippen molar-refractivity contribution in [1.29, 1.82) is 0 Å². The maximum Gasteiger partial charge on any atom is 0.401 e. The number of carbonyl (C=O) groups excluding carboxylic acids is 1. The molecule has 1 fully saturated rings. The van der Waals surface area contributed by atoms with Gasteiger partial charge in [-0.1, -0.05) is 0 Å². The van der Waals surface area contributed by atoms with Crippen molar-refractivity contribution in [2.45, 2.75) is 25.6 Å². The monoisotopic (exact) mass is 297 g/mol. The lowest BCUT2D eigenvalue weighted by molar-refractivity contribution is -0.128. The summed E-state index contributed by atoms with van der Waals surface area (Å²) in [7, 11) is 0. The van der Waals surface area contributed by atoms with E-state index in [0.29, 0.717) is 19.8 Å². The zero-order valence-corrected chi connectivity index (χ0v) is 11.8. The van der Waals surface area contributed by atoms with Crippen LogP contribution < -0.4 is 10.6 Å². The Morgan fingerprint density at radius 2 is 1.80 bits per heavy atom. The third kappa shape index (κ3) is 6.53. The SMILES string of the molecule is CC(C)(CNC(=O)CNCC(F)(F)F)N1CCOCC1. The van der Waals surface area contributed by atoms with Gasteiger partial charge in [0.2, 0.25) is 5.91 Å². The van der Waals surface area contributed by atoms with Crippen molar-refractivity contribution < 1.29 is 22.7 Å². The predicted octanol–water partition coefficient (Wildman–Crippen LogP) is 0.365. The number of halogens is 3. The molecule has 2 N–H and O–H groups in total. The third-order valence-corrected chi connectivity index (χ3v) is 3.20. The minimum absolute atomic E-state index is 0.247. The molecular weight excluding hydrogens is 275 g/mol. The molecule has 1 rings (SSSR count). The van der Waals surface area contributed by atoms with E-state index in [1.54, 1.807) is 0 Å². The molecular formula is C12H22F3N3O2. The Hall–Kier alpha value is -0.860. The van der Waals surface area contributed by atoms with Crippen LogP contribution in [-0.2, 0) is 9.53 Å². The highest BCUT2D eigenvalue weighted by Gasteiger charge is 2.29. The summed E-state index contributed by atoms with van der Waals surface area (Å²) >= 11 is 0. The molecule has 0 spiro atoms. The van der Waals surface area contributed by atoms with Crippen molar-refractivity contribution in [2.24, 2.45) is 0 Å². The number of alkyl halides is 3. The van der Waals surface area contributed by atoms with Crippen LogP contribution in [0.2, 0.25) is 0 Å².